The maximum absolute atomic E-state index is 13.0. The van der Waals surface area contributed by atoms with E-state index in [0.29, 0.717) is 17.1 Å². The smallest absolute Gasteiger partial charge is 0.257 e. The van der Waals surface area contributed by atoms with E-state index in [4.69, 9.17) is 0 Å². The standard InChI is InChI=1S/C24H22N4O2S/c1-15-5-3-6-18(11-15)28-24(30)19-13-26-20-7-4-8-21(23(19)20)31-14-17-9-10-25-22(12-17)27-16(2)29/h3-13,26H,14H2,1-2H3,(H,28,30)(H,25,27,29). The summed E-state index contributed by atoms with van der Waals surface area (Å²) in [4.78, 5) is 32.6. The number of nitrogens with one attached hydrogen (secondary N) is 3. The van der Waals surface area contributed by atoms with E-state index in [1.54, 1.807) is 24.2 Å². The Labute approximate surface area is 184 Å². The van der Waals surface area contributed by atoms with Crippen molar-refractivity contribution in [2.45, 2.75) is 24.5 Å². The van der Waals surface area contributed by atoms with Gasteiger partial charge in [-0.2, -0.15) is 0 Å². The molecule has 2 amide bonds. The van der Waals surface area contributed by atoms with Crippen LogP contribution < -0.4 is 10.6 Å². The molecule has 0 fully saturated rings. The SMILES string of the molecule is CC(=O)Nc1cc(CSc2cccc3[nH]cc(C(=O)Nc4cccc(C)c4)c23)ccn1. The van der Waals surface area contributed by atoms with E-state index in [1.807, 2.05) is 61.5 Å². The molecule has 4 rings (SSSR count). The lowest BCUT2D eigenvalue weighted by molar-refractivity contribution is -0.114. The van der Waals surface area contributed by atoms with Gasteiger partial charge in [-0.25, -0.2) is 4.98 Å². The summed E-state index contributed by atoms with van der Waals surface area (Å²) in [5.41, 5.74) is 4.40. The first kappa shape index (κ1) is 20.7. The monoisotopic (exact) mass is 430 g/mol. The van der Waals surface area contributed by atoms with Crippen molar-refractivity contribution in [3.8, 4) is 0 Å². The van der Waals surface area contributed by atoms with Gasteiger partial charge in [-0.3, -0.25) is 9.59 Å². The average molecular weight is 431 g/mol. The number of thioether (sulfide) groups is 1. The van der Waals surface area contributed by atoms with Crippen molar-refractivity contribution in [3.05, 3.63) is 83.7 Å². The van der Waals surface area contributed by atoms with Gasteiger partial charge < -0.3 is 15.6 Å². The second-order valence-electron chi connectivity index (χ2n) is 7.22. The molecule has 0 saturated carbocycles. The number of aryl methyl sites for hydroxylation is 1. The number of benzene rings is 2. The first-order chi connectivity index (χ1) is 15.0. The fourth-order valence-corrected chi connectivity index (χ4v) is 4.39. The maximum Gasteiger partial charge on any atom is 0.257 e. The highest BCUT2D eigenvalue weighted by molar-refractivity contribution is 7.98. The Balaban J connectivity index is 1.57. The van der Waals surface area contributed by atoms with E-state index in [0.717, 1.165) is 32.6 Å². The molecule has 0 saturated heterocycles. The molecule has 6 nitrogen and oxygen atoms in total. The zero-order valence-corrected chi connectivity index (χ0v) is 18.0. The molecule has 156 valence electrons. The minimum absolute atomic E-state index is 0.151. The maximum atomic E-state index is 13.0. The highest BCUT2D eigenvalue weighted by Gasteiger charge is 2.16. The topological polar surface area (TPSA) is 86.9 Å². The van der Waals surface area contributed by atoms with E-state index in [-0.39, 0.29) is 11.8 Å². The van der Waals surface area contributed by atoms with Crippen molar-refractivity contribution in [2.24, 2.45) is 0 Å². The molecule has 0 aliphatic heterocycles. The molecule has 0 spiro atoms. The third-order valence-corrected chi connectivity index (χ3v) is 5.84. The third-order valence-electron chi connectivity index (χ3n) is 4.71. The number of anilines is 2. The van der Waals surface area contributed by atoms with Crippen molar-refractivity contribution >= 4 is 46.0 Å². The van der Waals surface area contributed by atoms with Gasteiger partial charge in [0.15, 0.2) is 0 Å². The predicted octanol–water partition coefficient (Wildman–Crippen LogP) is 5.37. The van der Waals surface area contributed by atoms with Crippen LogP contribution >= 0.6 is 11.8 Å². The van der Waals surface area contributed by atoms with Crippen molar-refractivity contribution in [1.82, 2.24) is 9.97 Å². The lowest BCUT2D eigenvalue weighted by Gasteiger charge is -2.09. The van der Waals surface area contributed by atoms with Crippen LogP contribution in [0.1, 0.15) is 28.4 Å². The zero-order valence-electron chi connectivity index (χ0n) is 17.2. The number of pyridine rings is 1. The van der Waals surface area contributed by atoms with Crippen LogP contribution in [0.3, 0.4) is 0 Å². The molecule has 4 aromatic rings. The van der Waals surface area contributed by atoms with Crippen molar-refractivity contribution in [2.75, 3.05) is 10.6 Å². The Morgan fingerprint density at radius 3 is 2.71 bits per heavy atom. The van der Waals surface area contributed by atoms with E-state index >= 15 is 0 Å². The Kier molecular flexibility index (Phi) is 6.04. The Morgan fingerprint density at radius 2 is 1.90 bits per heavy atom. The molecule has 0 aliphatic carbocycles. The van der Waals surface area contributed by atoms with Crippen LogP contribution in [0.5, 0.6) is 0 Å². The van der Waals surface area contributed by atoms with Gasteiger partial charge in [0.1, 0.15) is 5.82 Å². The predicted molar refractivity (Wildman–Crippen MR) is 126 cm³/mol. The van der Waals surface area contributed by atoms with E-state index in [9.17, 15) is 9.59 Å². The fraction of sp³-hybridized carbons (Fsp3) is 0.125. The quantitative estimate of drug-likeness (QED) is 0.359. The average Bonchev–Trinajstić information content (AvgIpc) is 3.17. The van der Waals surface area contributed by atoms with Crippen LogP contribution in [0.25, 0.3) is 10.9 Å². The highest BCUT2D eigenvalue weighted by Crippen LogP contribution is 2.33. The van der Waals surface area contributed by atoms with E-state index < -0.39 is 0 Å². The molecule has 31 heavy (non-hydrogen) atoms. The fourth-order valence-electron chi connectivity index (χ4n) is 3.35. The van der Waals surface area contributed by atoms with Crippen LogP contribution in [0, 0.1) is 6.92 Å². The Hall–Kier alpha value is -3.58. The highest BCUT2D eigenvalue weighted by atomic mass is 32.2. The number of carbonyl (C=O) groups is 2. The Bertz CT molecular complexity index is 1270. The second-order valence-corrected chi connectivity index (χ2v) is 8.24. The summed E-state index contributed by atoms with van der Waals surface area (Å²) in [6.45, 7) is 3.45. The summed E-state index contributed by atoms with van der Waals surface area (Å²) in [5, 5.41) is 6.59. The lowest BCUT2D eigenvalue weighted by atomic mass is 10.1. The van der Waals surface area contributed by atoms with Crippen LogP contribution in [-0.4, -0.2) is 21.8 Å². The molecule has 2 aromatic heterocycles. The summed E-state index contributed by atoms with van der Waals surface area (Å²) in [7, 11) is 0. The van der Waals surface area contributed by atoms with Crippen LogP contribution in [0.2, 0.25) is 0 Å². The first-order valence-corrected chi connectivity index (χ1v) is 10.8. The lowest BCUT2D eigenvalue weighted by Crippen LogP contribution is -2.11. The van der Waals surface area contributed by atoms with E-state index in [1.165, 1.54) is 6.92 Å². The third kappa shape index (κ3) is 4.95. The summed E-state index contributed by atoms with van der Waals surface area (Å²) < 4.78 is 0. The molecule has 0 atom stereocenters. The molecule has 0 radical (unpaired) electrons. The number of amides is 2. The molecule has 3 N–H and O–H groups in total. The van der Waals surface area contributed by atoms with Crippen LogP contribution in [-0.2, 0) is 10.5 Å². The molecule has 2 aromatic carbocycles. The normalized spacial score (nSPS) is 10.8. The van der Waals surface area contributed by atoms with Crippen molar-refractivity contribution in [3.63, 3.8) is 0 Å². The molecular formula is C24H22N4O2S. The minimum atomic E-state index is -0.154. The molecular weight excluding hydrogens is 408 g/mol. The molecule has 0 aliphatic rings. The van der Waals surface area contributed by atoms with Crippen molar-refractivity contribution in [1.29, 1.82) is 0 Å². The Morgan fingerprint density at radius 1 is 1.06 bits per heavy atom. The largest absolute Gasteiger partial charge is 0.360 e. The van der Waals surface area contributed by atoms with Gasteiger partial charge in [0.25, 0.3) is 5.91 Å². The summed E-state index contributed by atoms with van der Waals surface area (Å²) in [5.74, 6) is 0.905. The molecule has 0 bridgehead atoms. The number of hydrogen-bond acceptors (Lipinski definition) is 4. The van der Waals surface area contributed by atoms with Gasteiger partial charge in [0.2, 0.25) is 5.91 Å². The van der Waals surface area contributed by atoms with Gasteiger partial charge in [0, 0.05) is 46.6 Å². The molecule has 0 unspecified atom stereocenters. The molecule has 2 heterocycles. The number of fused-ring (bicyclic) bond motifs is 1. The van der Waals surface area contributed by atoms with Gasteiger partial charge >= 0.3 is 0 Å². The van der Waals surface area contributed by atoms with Gasteiger partial charge in [-0.1, -0.05) is 18.2 Å². The summed E-state index contributed by atoms with van der Waals surface area (Å²) in [6, 6.07) is 17.5. The number of aromatic nitrogens is 2. The van der Waals surface area contributed by atoms with Gasteiger partial charge in [0.05, 0.1) is 5.56 Å². The van der Waals surface area contributed by atoms with E-state index in [2.05, 4.69) is 20.6 Å². The zero-order chi connectivity index (χ0) is 21.8. The number of hydrogen-bond donors (Lipinski definition) is 3. The summed E-state index contributed by atoms with van der Waals surface area (Å²) in [6.07, 6.45) is 3.43. The molecule has 7 heteroatoms. The summed E-state index contributed by atoms with van der Waals surface area (Å²) >= 11 is 1.64. The second kappa shape index (κ2) is 9.06. The minimum Gasteiger partial charge on any atom is -0.360 e. The van der Waals surface area contributed by atoms with Gasteiger partial charge in [-0.05, 0) is 54.4 Å². The number of H-pyrrole nitrogens is 1. The first-order valence-electron chi connectivity index (χ1n) is 9.83. The van der Waals surface area contributed by atoms with Crippen molar-refractivity contribution < 1.29 is 9.59 Å². The number of carbonyl (C=O) groups excluding carboxylic acids is 2. The van der Waals surface area contributed by atoms with Crippen LogP contribution in [0.15, 0.2) is 71.9 Å². The van der Waals surface area contributed by atoms with Gasteiger partial charge in [-0.15, -0.1) is 11.8 Å². The van der Waals surface area contributed by atoms with Crippen LogP contribution in [0.4, 0.5) is 11.5 Å². The number of rotatable bonds is 6. The number of aromatic amines is 1. The number of nitrogens with zero attached hydrogens (tertiary/aromatic N) is 1.